The van der Waals surface area contributed by atoms with Crippen LogP contribution in [0, 0.1) is 0 Å². The number of nitrogen functional groups attached to an aromatic ring is 1. The summed E-state index contributed by atoms with van der Waals surface area (Å²) in [6.07, 6.45) is 3.02. The van der Waals surface area contributed by atoms with Crippen molar-refractivity contribution in [1.82, 2.24) is 9.55 Å². The maximum absolute atomic E-state index is 11.3. The van der Waals surface area contributed by atoms with E-state index in [-0.39, 0.29) is 5.82 Å². The lowest BCUT2D eigenvalue weighted by Crippen LogP contribution is -2.31. The molecule has 0 bridgehead atoms. The molecule has 0 spiro atoms. The Labute approximate surface area is 81.6 Å². The number of anilines is 1. The van der Waals surface area contributed by atoms with Gasteiger partial charge >= 0.3 is 5.69 Å². The van der Waals surface area contributed by atoms with Crippen LogP contribution in [0.5, 0.6) is 0 Å². The summed E-state index contributed by atoms with van der Waals surface area (Å²) in [5, 5.41) is 0. The molecule has 1 rings (SSSR count). The quantitative estimate of drug-likeness (QED) is 0.681. The SMILES string of the molecule is CCCCCn1c(N)cc(=O)[nH]c1=O. The molecule has 5 heteroatoms. The maximum atomic E-state index is 11.3. The van der Waals surface area contributed by atoms with Crippen LogP contribution in [0.15, 0.2) is 15.7 Å². The summed E-state index contributed by atoms with van der Waals surface area (Å²) >= 11 is 0. The molecule has 0 aromatic carbocycles. The molecule has 14 heavy (non-hydrogen) atoms. The number of nitrogens with one attached hydrogen (secondary N) is 1. The number of H-pyrrole nitrogens is 1. The Balaban J connectivity index is 2.86. The topological polar surface area (TPSA) is 80.9 Å². The van der Waals surface area contributed by atoms with Crippen LogP contribution in [0.3, 0.4) is 0 Å². The Morgan fingerprint density at radius 1 is 1.43 bits per heavy atom. The molecule has 0 aliphatic heterocycles. The molecule has 0 unspecified atom stereocenters. The third kappa shape index (κ3) is 2.48. The standard InChI is InChI=1S/C9H15N3O2/c1-2-3-4-5-12-7(10)6-8(13)11-9(12)14/h6H,2-5,10H2,1H3,(H,11,13,14). The lowest BCUT2D eigenvalue weighted by Gasteiger charge is -2.06. The minimum atomic E-state index is -0.445. The van der Waals surface area contributed by atoms with Crippen molar-refractivity contribution in [2.75, 3.05) is 5.73 Å². The van der Waals surface area contributed by atoms with E-state index in [1.807, 2.05) is 0 Å². The molecule has 0 fully saturated rings. The van der Waals surface area contributed by atoms with Gasteiger partial charge < -0.3 is 5.73 Å². The third-order valence-electron chi connectivity index (χ3n) is 2.05. The van der Waals surface area contributed by atoms with Crippen molar-refractivity contribution >= 4 is 5.82 Å². The van der Waals surface area contributed by atoms with Gasteiger partial charge in [0.15, 0.2) is 0 Å². The Bertz CT molecular complexity index is 405. The van der Waals surface area contributed by atoms with Crippen LogP contribution in [0.2, 0.25) is 0 Å². The summed E-state index contributed by atoms with van der Waals surface area (Å²) in [5.74, 6) is 0.231. The predicted octanol–water partition coefficient (Wildman–Crippen LogP) is 0.309. The predicted molar refractivity (Wildman–Crippen MR) is 55.3 cm³/mol. The number of unbranched alkanes of at least 4 members (excludes halogenated alkanes) is 2. The third-order valence-corrected chi connectivity index (χ3v) is 2.05. The van der Waals surface area contributed by atoms with Gasteiger partial charge in [-0.1, -0.05) is 19.8 Å². The van der Waals surface area contributed by atoms with Crippen molar-refractivity contribution in [3.8, 4) is 0 Å². The molecule has 1 heterocycles. The van der Waals surface area contributed by atoms with Crippen molar-refractivity contribution in [3.63, 3.8) is 0 Å². The fourth-order valence-corrected chi connectivity index (χ4v) is 1.29. The summed E-state index contributed by atoms with van der Waals surface area (Å²) in [6.45, 7) is 2.65. The monoisotopic (exact) mass is 197 g/mol. The lowest BCUT2D eigenvalue weighted by molar-refractivity contribution is 0.581. The summed E-state index contributed by atoms with van der Waals surface area (Å²) in [5.41, 5.74) is 4.68. The molecule has 0 atom stereocenters. The van der Waals surface area contributed by atoms with Crippen LogP contribution in [0.1, 0.15) is 26.2 Å². The van der Waals surface area contributed by atoms with E-state index in [0.717, 1.165) is 19.3 Å². The van der Waals surface area contributed by atoms with Crippen molar-refractivity contribution in [2.24, 2.45) is 0 Å². The molecule has 3 N–H and O–H groups in total. The number of hydrogen-bond acceptors (Lipinski definition) is 3. The largest absolute Gasteiger partial charge is 0.385 e. The number of hydrogen-bond donors (Lipinski definition) is 2. The first-order chi connectivity index (χ1) is 6.65. The minimum Gasteiger partial charge on any atom is -0.385 e. The zero-order chi connectivity index (χ0) is 10.6. The first-order valence-electron chi connectivity index (χ1n) is 4.74. The first-order valence-corrected chi connectivity index (χ1v) is 4.74. The van der Waals surface area contributed by atoms with Crippen molar-refractivity contribution in [2.45, 2.75) is 32.7 Å². The van der Waals surface area contributed by atoms with Crippen molar-refractivity contribution < 1.29 is 0 Å². The van der Waals surface area contributed by atoms with E-state index in [1.54, 1.807) is 0 Å². The second-order valence-corrected chi connectivity index (χ2v) is 3.22. The van der Waals surface area contributed by atoms with Gasteiger partial charge in [-0.25, -0.2) is 4.79 Å². The van der Waals surface area contributed by atoms with Crippen LogP contribution < -0.4 is 17.0 Å². The molecule has 78 valence electrons. The van der Waals surface area contributed by atoms with Gasteiger partial charge in [-0.2, -0.15) is 0 Å². The summed E-state index contributed by atoms with van der Waals surface area (Å²) in [4.78, 5) is 24.3. The van der Waals surface area contributed by atoms with Crippen LogP contribution >= 0.6 is 0 Å². The summed E-state index contributed by atoms with van der Waals surface area (Å²) in [7, 11) is 0. The van der Waals surface area contributed by atoms with Gasteiger partial charge in [-0.3, -0.25) is 14.3 Å². The van der Waals surface area contributed by atoms with E-state index >= 15 is 0 Å². The number of rotatable bonds is 4. The number of nitrogens with zero attached hydrogens (tertiary/aromatic N) is 1. The second-order valence-electron chi connectivity index (χ2n) is 3.22. The Hall–Kier alpha value is -1.52. The molecule has 0 saturated heterocycles. The average Bonchev–Trinajstić information content (AvgIpc) is 2.09. The summed E-state index contributed by atoms with van der Waals surface area (Å²) in [6, 6.07) is 1.23. The zero-order valence-electron chi connectivity index (χ0n) is 8.25. The fourth-order valence-electron chi connectivity index (χ4n) is 1.29. The molecule has 0 radical (unpaired) electrons. The molecule has 0 saturated carbocycles. The van der Waals surface area contributed by atoms with Gasteiger partial charge in [0.25, 0.3) is 5.56 Å². The van der Waals surface area contributed by atoms with Crippen LogP contribution in [-0.2, 0) is 6.54 Å². The Kier molecular flexibility index (Phi) is 3.50. The van der Waals surface area contributed by atoms with Crippen molar-refractivity contribution in [1.29, 1.82) is 0 Å². The fraction of sp³-hybridized carbons (Fsp3) is 0.556. The highest BCUT2D eigenvalue weighted by Crippen LogP contribution is 1.99. The molecular formula is C9H15N3O2. The number of aromatic nitrogens is 2. The van der Waals surface area contributed by atoms with E-state index in [0.29, 0.717) is 6.54 Å². The van der Waals surface area contributed by atoms with Crippen molar-refractivity contribution in [3.05, 3.63) is 26.9 Å². The van der Waals surface area contributed by atoms with Gasteiger partial charge in [0.1, 0.15) is 5.82 Å². The minimum absolute atomic E-state index is 0.231. The maximum Gasteiger partial charge on any atom is 0.329 e. The smallest absolute Gasteiger partial charge is 0.329 e. The average molecular weight is 197 g/mol. The first kappa shape index (κ1) is 10.6. The van der Waals surface area contributed by atoms with Crippen LogP contribution in [0.25, 0.3) is 0 Å². The van der Waals surface area contributed by atoms with E-state index in [1.165, 1.54) is 10.6 Å². The van der Waals surface area contributed by atoms with Gasteiger partial charge in [-0.05, 0) is 6.42 Å². The lowest BCUT2D eigenvalue weighted by atomic mass is 10.2. The molecular weight excluding hydrogens is 182 g/mol. The normalized spacial score (nSPS) is 10.4. The van der Waals surface area contributed by atoms with E-state index in [9.17, 15) is 9.59 Å². The summed E-state index contributed by atoms with van der Waals surface area (Å²) < 4.78 is 1.39. The zero-order valence-corrected chi connectivity index (χ0v) is 8.25. The molecule has 1 aromatic heterocycles. The van der Waals surface area contributed by atoms with E-state index in [4.69, 9.17) is 5.73 Å². The molecule has 5 nitrogen and oxygen atoms in total. The Morgan fingerprint density at radius 3 is 2.71 bits per heavy atom. The molecule has 0 amide bonds. The van der Waals surface area contributed by atoms with Gasteiger partial charge in [0, 0.05) is 12.6 Å². The van der Waals surface area contributed by atoms with Gasteiger partial charge in [0.2, 0.25) is 0 Å². The second kappa shape index (κ2) is 4.64. The van der Waals surface area contributed by atoms with Crippen LogP contribution in [-0.4, -0.2) is 9.55 Å². The number of nitrogens with two attached hydrogens (primary N) is 1. The van der Waals surface area contributed by atoms with Gasteiger partial charge in [-0.15, -0.1) is 0 Å². The van der Waals surface area contributed by atoms with Crippen LogP contribution in [0.4, 0.5) is 5.82 Å². The molecule has 0 aliphatic carbocycles. The highest BCUT2D eigenvalue weighted by molar-refractivity contribution is 5.25. The molecule has 1 aromatic rings. The van der Waals surface area contributed by atoms with Gasteiger partial charge in [0.05, 0.1) is 0 Å². The van der Waals surface area contributed by atoms with E-state index < -0.39 is 11.2 Å². The van der Waals surface area contributed by atoms with E-state index in [2.05, 4.69) is 11.9 Å². The Morgan fingerprint density at radius 2 is 2.14 bits per heavy atom. The number of aromatic amines is 1. The highest BCUT2D eigenvalue weighted by Gasteiger charge is 2.01. The molecule has 0 aliphatic rings. The highest BCUT2D eigenvalue weighted by atomic mass is 16.2.